The van der Waals surface area contributed by atoms with Gasteiger partial charge in [-0.3, -0.25) is 19.6 Å². The number of hydrogen-bond donors (Lipinski definition) is 2. The highest BCUT2D eigenvalue weighted by Crippen LogP contribution is 2.26. The van der Waals surface area contributed by atoms with Crippen molar-refractivity contribution in [1.82, 2.24) is 14.1 Å². The van der Waals surface area contributed by atoms with Gasteiger partial charge in [-0.05, 0) is 25.0 Å². The van der Waals surface area contributed by atoms with Crippen LogP contribution < -0.4 is 5.32 Å². The second kappa shape index (κ2) is 8.20. The van der Waals surface area contributed by atoms with E-state index in [1.807, 2.05) is 0 Å². The van der Waals surface area contributed by atoms with Crippen molar-refractivity contribution in [2.45, 2.75) is 17.7 Å². The number of carbonyl (C=O) groups excluding carboxylic acids is 1. The number of sulfonamides is 1. The summed E-state index contributed by atoms with van der Waals surface area (Å²) in [5.41, 5.74) is -0.280. The predicted molar refractivity (Wildman–Crippen MR) is 103 cm³/mol. The molecule has 160 valence electrons. The van der Waals surface area contributed by atoms with Crippen LogP contribution in [0.3, 0.4) is 0 Å². The van der Waals surface area contributed by atoms with Crippen molar-refractivity contribution < 1.29 is 28.0 Å². The molecule has 0 atom stereocenters. The van der Waals surface area contributed by atoms with Crippen molar-refractivity contribution in [3.63, 3.8) is 0 Å². The fourth-order valence-corrected chi connectivity index (χ4v) is 4.73. The third kappa shape index (κ3) is 4.16. The van der Waals surface area contributed by atoms with Gasteiger partial charge >= 0.3 is 5.97 Å². The fraction of sp³-hybridized carbons (Fsp3) is 0.353. The second-order valence-corrected chi connectivity index (χ2v) is 8.69. The van der Waals surface area contributed by atoms with Crippen molar-refractivity contribution in [2.75, 3.05) is 18.4 Å². The van der Waals surface area contributed by atoms with Crippen LogP contribution in [-0.4, -0.2) is 57.5 Å². The molecule has 0 radical (unpaired) electrons. The summed E-state index contributed by atoms with van der Waals surface area (Å²) < 4.78 is 27.8. The number of nitro benzene ring substituents is 1. The number of benzene rings is 1. The number of nitro groups is 1. The third-order valence-corrected chi connectivity index (χ3v) is 6.82. The van der Waals surface area contributed by atoms with Crippen LogP contribution in [0.5, 0.6) is 0 Å². The second-order valence-electron chi connectivity index (χ2n) is 6.75. The van der Waals surface area contributed by atoms with Crippen LogP contribution in [0, 0.1) is 16.0 Å². The first-order valence-corrected chi connectivity index (χ1v) is 10.4. The molecule has 1 fully saturated rings. The molecule has 1 aromatic heterocycles. The van der Waals surface area contributed by atoms with Gasteiger partial charge in [0.15, 0.2) is 5.69 Å². The SMILES string of the molecule is Cn1ncc(NC(=O)C2CCN(S(=O)(=O)c3ccc([N+](=O)[O-])cc3)CC2)c1C(=O)O. The van der Waals surface area contributed by atoms with Gasteiger partial charge in [0.05, 0.1) is 21.7 Å². The number of nitrogens with one attached hydrogen (secondary N) is 1. The molecule has 13 heteroatoms. The van der Waals surface area contributed by atoms with Gasteiger partial charge in [0.2, 0.25) is 15.9 Å². The molecule has 2 aromatic rings. The van der Waals surface area contributed by atoms with Crippen LogP contribution in [0.1, 0.15) is 23.3 Å². The maximum Gasteiger partial charge on any atom is 0.356 e. The number of anilines is 1. The van der Waals surface area contributed by atoms with Crippen molar-refractivity contribution in [1.29, 1.82) is 0 Å². The van der Waals surface area contributed by atoms with Gasteiger partial charge in [0.1, 0.15) is 0 Å². The molecule has 3 rings (SSSR count). The molecule has 0 aliphatic carbocycles. The topological polar surface area (TPSA) is 165 Å². The number of aromatic carboxylic acids is 1. The van der Waals surface area contributed by atoms with Gasteiger partial charge in [0, 0.05) is 38.2 Å². The minimum absolute atomic E-state index is 0.0579. The lowest BCUT2D eigenvalue weighted by molar-refractivity contribution is -0.384. The van der Waals surface area contributed by atoms with Crippen molar-refractivity contribution >= 4 is 33.3 Å². The summed E-state index contributed by atoms with van der Waals surface area (Å²) in [5.74, 6) is -2.12. The van der Waals surface area contributed by atoms with E-state index in [1.165, 1.54) is 29.7 Å². The average Bonchev–Trinajstić information content (AvgIpc) is 3.08. The molecule has 0 saturated carbocycles. The highest BCUT2D eigenvalue weighted by molar-refractivity contribution is 7.89. The average molecular weight is 437 g/mol. The van der Waals surface area contributed by atoms with Gasteiger partial charge < -0.3 is 10.4 Å². The minimum atomic E-state index is -3.84. The Morgan fingerprint density at radius 1 is 1.23 bits per heavy atom. The van der Waals surface area contributed by atoms with Crippen molar-refractivity contribution in [3.05, 3.63) is 46.3 Å². The zero-order valence-corrected chi connectivity index (χ0v) is 16.7. The van der Waals surface area contributed by atoms with Gasteiger partial charge in [-0.1, -0.05) is 0 Å². The summed E-state index contributed by atoms with van der Waals surface area (Å²) in [5, 5.41) is 26.3. The Hall–Kier alpha value is -3.32. The van der Waals surface area contributed by atoms with Crippen molar-refractivity contribution in [3.8, 4) is 0 Å². The lowest BCUT2D eigenvalue weighted by atomic mass is 9.97. The molecule has 0 unspecified atom stereocenters. The quantitative estimate of drug-likeness (QED) is 0.500. The summed E-state index contributed by atoms with van der Waals surface area (Å²) in [6, 6.07) is 4.62. The smallest absolute Gasteiger partial charge is 0.356 e. The number of non-ortho nitro benzene ring substituents is 1. The molecule has 1 amide bonds. The zero-order chi connectivity index (χ0) is 22.1. The number of rotatable bonds is 6. The Bertz CT molecular complexity index is 1090. The van der Waals surface area contributed by atoms with E-state index in [-0.39, 0.29) is 47.9 Å². The van der Waals surface area contributed by atoms with E-state index < -0.39 is 32.7 Å². The number of amides is 1. The largest absolute Gasteiger partial charge is 0.476 e. The Labute approximate surface area is 171 Å². The Morgan fingerprint density at radius 3 is 2.37 bits per heavy atom. The molecular formula is C17H19N5O7S. The summed E-state index contributed by atoms with van der Waals surface area (Å²) in [7, 11) is -2.39. The number of carboxylic acid groups (broad SMARTS) is 1. The first-order chi connectivity index (χ1) is 14.1. The van der Waals surface area contributed by atoms with E-state index in [4.69, 9.17) is 0 Å². The summed E-state index contributed by atoms with van der Waals surface area (Å²) in [6.07, 6.45) is 1.75. The van der Waals surface area contributed by atoms with E-state index in [9.17, 15) is 33.2 Å². The monoisotopic (exact) mass is 437 g/mol. The number of piperidine rings is 1. The summed E-state index contributed by atoms with van der Waals surface area (Å²) in [6.45, 7) is 0.187. The van der Waals surface area contributed by atoms with E-state index in [2.05, 4.69) is 10.4 Å². The van der Waals surface area contributed by atoms with Crippen LogP contribution in [0.15, 0.2) is 35.4 Å². The third-order valence-electron chi connectivity index (χ3n) is 4.91. The first-order valence-electron chi connectivity index (χ1n) is 8.92. The Kier molecular flexibility index (Phi) is 5.85. The highest BCUT2D eigenvalue weighted by atomic mass is 32.2. The first kappa shape index (κ1) is 21.4. The standard InChI is InChI=1S/C17H19N5O7S/c1-20-15(17(24)25)14(10-18-20)19-16(23)11-6-8-21(9-7-11)30(28,29)13-4-2-12(3-5-13)22(26)27/h2-5,10-11H,6-9H2,1H3,(H,19,23)(H,24,25). The van der Waals surface area contributed by atoms with Gasteiger partial charge in [-0.2, -0.15) is 9.40 Å². The van der Waals surface area contributed by atoms with Crippen LogP contribution in [-0.2, 0) is 21.9 Å². The summed E-state index contributed by atoms with van der Waals surface area (Å²) in [4.78, 5) is 33.8. The molecule has 0 bridgehead atoms. The van der Waals surface area contributed by atoms with Gasteiger partial charge in [-0.15, -0.1) is 0 Å². The van der Waals surface area contributed by atoms with Gasteiger partial charge in [-0.25, -0.2) is 13.2 Å². The maximum absolute atomic E-state index is 12.7. The predicted octanol–water partition coefficient (Wildman–Crippen LogP) is 1.07. The normalized spacial score (nSPS) is 15.6. The molecule has 1 aliphatic heterocycles. The molecule has 0 spiro atoms. The molecule has 12 nitrogen and oxygen atoms in total. The fourth-order valence-electron chi connectivity index (χ4n) is 3.26. The zero-order valence-electron chi connectivity index (χ0n) is 15.9. The lowest BCUT2D eigenvalue weighted by Gasteiger charge is -2.30. The molecule has 2 N–H and O–H groups in total. The van der Waals surface area contributed by atoms with E-state index in [1.54, 1.807) is 0 Å². The Balaban J connectivity index is 1.64. The van der Waals surface area contributed by atoms with Crippen LogP contribution in [0.4, 0.5) is 11.4 Å². The number of hydrogen-bond acceptors (Lipinski definition) is 7. The molecule has 1 aliphatic rings. The molecule has 1 aromatic carbocycles. The number of carbonyl (C=O) groups is 2. The molecule has 2 heterocycles. The van der Waals surface area contributed by atoms with E-state index in [0.29, 0.717) is 0 Å². The highest BCUT2D eigenvalue weighted by Gasteiger charge is 2.33. The van der Waals surface area contributed by atoms with Crippen molar-refractivity contribution in [2.24, 2.45) is 13.0 Å². The minimum Gasteiger partial charge on any atom is -0.476 e. The van der Waals surface area contributed by atoms with E-state index in [0.717, 1.165) is 16.8 Å². The number of nitrogens with zero attached hydrogens (tertiary/aromatic N) is 4. The van der Waals surface area contributed by atoms with Gasteiger partial charge in [0.25, 0.3) is 5.69 Å². The molecule has 30 heavy (non-hydrogen) atoms. The van der Waals surface area contributed by atoms with E-state index >= 15 is 0 Å². The van der Waals surface area contributed by atoms with Crippen LogP contribution in [0.2, 0.25) is 0 Å². The maximum atomic E-state index is 12.7. The lowest BCUT2D eigenvalue weighted by Crippen LogP contribution is -2.41. The van der Waals surface area contributed by atoms with Crippen LogP contribution >= 0.6 is 0 Å². The molecule has 1 saturated heterocycles. The number of carboxylic acids is 1. The Morgan fingerprint density at radius 2 is 1.83 bits per heavy atom. The summed E-state index contributed by atoms with van der Waals surface area (Å²) >= 11 is 0. The van der Waals surface area contributed by atoms with Crippen LogP contribution in [0.25, 0.3) is 0 Å². The molecular weight excluding hydrogens is 418 g/mol. The number of aryl methyl sites for hydroxylation is 1. The number of aromatic nitrogens is 2.